The number of thiocarbonyl (C=S) groups is 1. The number of para-hydroxylation sites is 1. The maximum Gasteiger partial charge on any atom is 0.323 e. The largest absolute Gasteiger partial charge is 0.480 e. The number of anilines is 2. The number of aromatic nitrogens is 1. The van der Waals surface area contributed by atoms with E-state index in [0.29, 0.717) is 32.6 Å². The Hall–Kier alpha value is -3.21. The number of carbonyl (C=O) groups is 2. The zero-order valence-electron chi connectivity index (χ0n) is 20.6. The first-order chi connectivity index (χ1) is 18.4. The lowest BCUT2D eigenvalue weighted by Gasteiger charge is -2.27. The van der Waals surface area contributed by atoms with Gasteiger partial charge in [-0.1, -0.05) is 54.7 Å². The van der Waals surface area contributed by atoms with Crippen molar-refractivity contribution in [3.63, 3.8) is 0 Å². The lowest BCUT2D eigenvalue weighted by molar-refractivity contribution is -0.140. The highest BCUT2D eigenvalue weighted by Gasteiger charge is 2.42. The lowest BCUT2D eigenvalue weighted by atomic mass is 9.96. The second-order valence-corrected chi connectivity index (χ2v) is 12.3. The molecule has 2 unspecified atom stereocenters. The third-order valence-corrected chi connectivity index (χ3v) is 10.1. The number of rotatable bonds is 5. The number of carboxylic acid groups (broad SMARTS) is 1. The molecule has 7 nitrogen and oxygen atoms in total. The van der Waals surface area contributed by atoms with E-state index >= 15 is 0 Å². The monoisotopic (exact) mass is 563 g/mol. The molecule has 6 rings (SSSR count). The van der Waals surface area contributed by atoms with E-state index in [-0.39, 0.29) is 9.88 Å². The molecule has 10 heteroatoms. The molecular formula is C28H25N3O4S3. The fourth-order valence-corrected chi connectivity index (χ4v) is 8.39. The number of hydrogen-bond donors (Lipinski definition) is 1. The van der Waals surface area contributed by atoms with Gasteiger partial charge in [-0.3, -0.25) is 23.9 Å². The van der Waals surface area contributed by atoms with Crippen molar-refractivity contribution in [1.29, 1.82) is 0 Å². The number of aliphatic carboxylic acids is 1. The van der Waals surface area contributed by atoms with E-state index in [1.54, 1.807) is 4.57 Å². The van der Waals surface area contributed by atoms with Crippen LogP contribution in [0.25, 0.3) is 11.0 Å². The summed E-state index contributed by atoms with van der Waals surface area (Å²) in [6.45, 7) is 1.75. The highest BCUT2D eigenvalue weighted by molar-refractivity contribution is 8.30. The zero-order chi connectivity index (χ0) is 26.6. The number of carboxylic acids is 1. The van der Waals surface area contributed by atoms with Gasteiger partial charge in [-0.15, -0.1) is 11.3 Å². The van der Waals surface area contributed by atoms with E-state index in [0.717, 1.165) is 35.1 Å². The van der Waals surface area contributed by atoms with Crippen LogP contribution >= 0.6 is 35.3 Å². The van der Waals surface area contributed by atoms with Gasteiger partial charge in [0.2, 0.25) is 0 Å². The first kappa shape index (κ1) is 25.1. The lowest BCUT2D eigenvalue weighted by Crippen LogP contribution is -2.35. The molecule has 1 aliphatic carbocycles. The third-order valence-electron chi connectivity index (χ3n) is 7.41. The molecule has 38 heavy (non-hydrogen) atoms. The number of thiazole rings is 1. The average molecular weight is 564 g/mol. The number of amides is 1. The van der Waals surface area contributed by atoms with Gasteiger partial charge in [0.05, 0.1) is 4.53 Å². The van der Waals surface area contributed by atoms with Gasteiger partial charge in [0.25, 0.3) is 11.5 Å². The quantitative estimate of drug-likeness (QED) is 0.475. The minimum Gasteiger partial charge on any atom is -0.480 e. The van der Waals surface area contributed by atoms with E-state index < -0.39 is 18.4 Å². The Balaban J connectivity index is 1.43. The number of thioether (sulfide) groups is 1. The van der Waals surface area contributed by atoms with Crippen LogP contribution in [0.2, 0.25) is 0 Å². The van der Waals surface area contributed by atoms with Gasteiger partial charge in [0, 0.05) is 29.9 Å². The minimum atomic E-state index is -1.14. The molecule has 3 aliphatic rings. The molecule has 1 aromatic heterocycles. The summed E-state index contributed by atoms with van der Waals surface area (Å²) in [6, 6.07) is 17.4. The summed E-state index contributed by atoms with van der Waals surface area (Å²) in [5, 5.41) is 9.15. The maximum absolute atomic E-state index is 13.3. The van der Waals surface area contributed by atoms with Crippen molar-refractivity contribution in [3.05, 3.63) is 79.2 Å². The zero-order valence-corrected chi connectivity index (χ0v) is 23.1. The minimum absolute atomic E-state index is 0.166. The Morgan fingerprint density at radius 3 is 2.68 bits per heavy atom. The topological polar surface area (TPSA) is 82.8 Å². The van der Waals surface area contributed by atoms with Crippen LogP contribution in [0, 0.1) is 0 Å². The molecule has 194 valence electrons. The molecule has 0 bridgehead atoms. The summed E-state index contributed by atoms with van der Waals surface area (Å²) >= 11 is 7.56. The molecule has 2 aliphatic heterocycles. The Kier molecular flexibility index (Phi) is 6.49. The molecule has 2 aromatic carbocycles. The van der Waals surface area contributed by atoms with Gasteiger partial charge in [0.1, 0.15) is 20.4 Å². The van der Waals surface area contributed by atoms with E-state index in [1.807, 2.05) is 19.1 Å². The van der Waals surface area contributed by atoms with Crippen molar-refractivity contribution in [2.75, 3.05) is 11.4 Å². The SMILES string of the molecule is CCn1c(=C2SC(=S)N(CC(=O)O)C2=O)sc(=Cc2ccc3c(c2)C2CCCC2N3c2ccccc2)c1=O. The van der Waals surface area contributed by atoms with Crippen LogP contribution in [0.1, 0.15) is 43.2 Å². The molecule has 0 radical (unpaired) electrons. The van der Waals surface area contributed by atoms with Crippen molar-refractivity contribution < 1.29 is 14.7 Å². The van der Waals surface area contributed by atoms with Crippen molar-refractivity contribution in [3.8, 4) is 0 Å². The van der Waals surface area contributed by atoms with Crippen molar-refractivity contribution in [2.45, 2.75) is 44.7 Å². The van der Waals surface area contributed by atoms with E-state index in [2.05, 4.69) is 47.4 Å². The summed E-state index contributed by atoms with van der Waals surface area (Å²) in [4.78, 5) is 41.4. The van der Waals surface area contributed by atoms with Gasteiger partial charge >= 0.3 is 5.97 Å². The average Bonchev–Trinajstić information content (AvgIpc) is 3.64. The van der Waals surface area contributed by atoms with Crippen LogP contribution in [-0.2, 0) is 16.1 Å². The normalized spacial score (nSPS) is 22.4. The Bertz CT molecular complexity index is 1660. The standard InChI is InChI=1S/C28H25N3O4S3/c1-2-29-25(34)22(37-27(29)24-26(35)30(15-23(32)33)28(36)38-24)14-16-11-12-21-19(13-16)18-9-6-10-20(18)31(21)17-7-4-3-5-8-17/h3-5,7-8,11-14,18,20H,2,6,9-10,15H2,1H3,(H,32,33). The van der Waals surface area contributed by atoms with E-state index in [9.17, 15) is 14.4 Å². The number of fused-ring (bicyclic) bond motifs is 3. The highest BCUT2D eigenvalue weighted by atomic mass is 32.2. The van der Waals surface area contributed by atoms with Crippen LogP contribution in [0.15, 0.2) is 53.3 Å². The van der Waals surface area contributed by atoms with Crippen LogP contribution in [0.3, 0.4) is 0 Å². The smallest absolute Gasteiger partial charge is 0.323 e. The van der Waals surface area contributed by atoms with Gasteiger partial charge in [0.15, 0.2) is 0 Å². The van der Waals surface area contributed by atoms with Crippen molar-refractivity contribution >= 4 is 73.9 Å². The van der Waals surface area contributed by atoms with Crippen LogP contribution in [0.4, 0.5) is 11.4 Å². The van der Waals surface area contributed by atoms with Gasteiger partial charge in [-0.25, -0.2) is 0 Å². The number of carbonyl (C=O) groups excluding carboxylic acids is 1. The van der Waals surface area contributed by atoms with Crippen LogP contribution in [-0.4, -0.2) is 43.4 Å². The first-order valence-corrected chi connectivity index (χ1v) is 14.6. The van der Waals surface area contributed by atoms with Crippen molar-refractivity contribution in [1.82, 2.24) is 9.47 Å². The van der Waals surface area contributed by atoms with Crippen molar-refractivity contribution in [2.24, 2.45) is 0 Å². The Labute approximate surface area is 232 Å². The van der Waals surface area contributed by atoms with E-state index in [4.69, 9.17) is 17.3 Å². The summed E-state index contributed by atoms with van der Waals surface area (Å²) in [7, 11) is 0. The molecule has 1 saturated carbocycles. The fourth-order valence-electron chi connectivity index (χ4n) is 5.81. The van der Waals surface area contributed by atoms with Gasteiger partial charge in [-0.2, -0.15) is 0 Å². The maximum atomic E-state index is 13.3. The molecular weight excluding hydrogens is 539 g/mol. The predicted molar refractivity (Wildman–Crippen MR) is 155 cm³/mol. The molecule has 0 spiro atoms. The second-order valence-electron chi connectivity index (χ2n) is 9.58. The summed E-state index contributed by atoms with van der Waals surface area (Å²) < 4.78 is 2.81. The molecule has 3 heterocycles. The predicted octanol–water partition coefficient (Wildman–Crippen LogP) is 3.60. The third kappa shape index (κ3) is 4.11. The molecule has 2 fully saturated rings. The Morgan fingerprint density at radius 1 is 1.16 bits per heavy atom. The Morgan fingerprint density at radius 2 is 1.95 bits per heavy atom. The van der Waals surface area contributed by atoms with Crippen LogP contribution < -0.4 is 19.7 Å². The number of nitrogens with zero attached hydrogens (tertiary/aromatic N) is 3. The highest BCUT2D eigenvalue weighted by Crippen LogP contribution is 2.52. The molecule has 1 amide bonds. The number of benzene rings is 2. The van der Waals surface area contributed by atoms with Gasteiger partial charge < -0.3 is 10.0 Å². The molecule has 1 saturated heterocycles. The summed E-state index contributed by atoms with van der Waals surface area (Å²) in [6.07, 6.45) is 5.41. The second kappa shape index (κ2) is 9.83. The fraction of sp³-hybridized carbons (Fsp3) is 0.286. The molecule has 3 aromatic rings. The molecule has 1 N–H and O–H groups in total. The number of hydrogen-bond acceptors (Lipinski definition) is 7. The summed E-state index contributed by atoms with van der Waals surface area (Å²) in [5.41, 5.74) is 4.55. The molecule has 2 atom stereocenters. The first-order valence-electron chi connectivity index (χ1n) is 12.6. The summed E-state index contributed by atoms with van der Waals surface area (Å²) in [5.74, 6) is -1.14. The van der Waals surface area contributed by atoms with E-state index in [1.165, 1.54) is 34.7 Å². The van der Waals surface area contributed by atoms with Gasteiger partial charge in [-0.05, 0) is 61.2 Å². The van der Waals surface area contributed by atoms with Crippen LogP contribution in [0.5, 0.6) is 0 Å².